The molecule has 1 fully saturated rings. The Hall–Kier alpha value is 0.1000. The van der Waals surface area contributed by atoms with Crippen molar-refractivity contribution in [3.8, 4) is 0 Å². The number of nitrogens with one attached hydrogen (secondary N) is 1. The smallest absolute Gasteiger partial charge is 0.0328 e. The van der Waals surface area contributed by atoms with Crippen LogP contribution in [-0.4, -0.2) is 31.1 Å². The van der Waals surface area contributed by atoms with Crippen molar-refractivity contribution in [1.82, 2.24) is 10.2 Å². The van der Waals surface area contributed by atoms with E-state index in [1.807, 2.05) is 11.3 Å². The van der Waals surface area contributed by atoms with Crippen molar-refractivity contribution in [2.24, 2.45) is 0 Å². The van der Waals surface area contributed by atoms with Crippen LogP contribution in [0.4, 0.5) is 0 Å². The summed E-state index contributed by atoms with van der Waals surface area (Å²) in [5, 5.41) is 5.54. The van der Waals surface area contributed by atoms with Gasteiger partial charge in [-0.3, -0.25) is 4.90 Å². The summed E-state index contributed by atoms with van der Waals surface area (Å²) in [4.78, 5) is 4.00. The Morgan fingerprint density at radius 2 is 2.53 bits per heavy atom. The van der Waals surface area contributed by atoms with E-state index in [4.69, 9.17) is 0 Å². The van der Waals surface area contributed by atoms with Crippen molar-refractivity contribution >= 4 is 27.3 Å². The van der Waals surface area contributed by atoms with Crippen LogP contribution >= 0.6 is 27.3 Å². The van der Waals surface area contributed by atoms with Gasteiger partial charge in [0.25, 0.3) is 0 Å². The van der Waals surface area contributed by atoms with E-state index in [0.717, 1.165) is 6.54 Å². The average Bonchev–Trinajstić information content (AvgIpc) is 2.64. The van der Waals surface area contributed by atoms with Crippen molar-refractivity contribution < 1.29 is 0 Å². The first kappa shape index (κ1) is 11.6. The van der Waals surface area contributed by atoms with Gasteiger partial charge in [0.15, 0.2) is 0 Å². The molecule has 1 aromatic heterocycles. The lowest BCUT2D eigenvalue weighted by Gasteiger charge is -2.32. The fourth-order valence-corrected chi connectivity index (χ4v) is 3.58. The van der Waals surface area contributed by atoms with Gasteiger partial charge in [0.1, 0.15) is 0 Å². The molecule has 0 saturated carbocycles. The number of halogens is 1. The van der Waals surface area contributed by atoms with E-state index in [9.17, 15) is 0 Å². The number of likely N-dealkylation sites (N-methyl/N-ethyl adjacent to an activating group) is 1. The summed E-state index contributed by atoms with van der Waals surface area (Å²) >= 11 is 5.35. The van der Waals surface area contributed by atoms with Crippen molar-refractivity contribution in [3.63, 3.8) is 0 Å². The molecule has 1 aromatic rings. The largest absolute Gasteiger partial charge is 0.316 e. The highest BCUT2D eigenvalue weighted by atomic mass is 79.9. The first-order chi connectivity index (χ1) is 7.28. The summed E-state index contributed by atoms with van der Waals surface area (Å²) in [5.74, 6) is 0. The van der Waals surface area contributed by atoms with Gasteiger partial charge in [0.05, 0.1) is 0 Å². The third kappa shape index (κ3) is 3.28. The van der Waals surface area contributed by atoms with E-state index in [2.05, 4.69) is 44.6 Å². The quantitative estimate of drug-likeness (QED) is 0.920. The number of likely N-dealkylation sites (tertiary alicyclic amines) is 1. The van der Waals surface area contributed by atoms with Gasteiger partial charge in [0.2, 0.25) is 0 Å². The lowest BCUT2D eigenvalue weighted by molar-refractivity contribution is 0.189. The van der Waals surface area contributed by atoms with Crippen LogP contribution in [-0.2, 0) is 6.54 Å². The molecule has 1 saturated heterocycles. The van der Waals surface area contributed by atoms with Crippen LogP contribution in [0.15, 0.2) is 15.9 Å². The first-order valence-electron chi connectivity index (χ1n) is 5.40. The minimum Gasteiger partial charge on any atom is -0.316 e. The summed E-state index contributed by atoms with van der Waals surface area (Å²) in [6, 6.07) is 2.91. The average molecular weight is 289 g/mol. The summed E-state index contributed by atoms with van der Waals surface area (Å²) in [6.45, 7) is 3.54. The second-order valence-electron chi connectivity index (χ2n) is 4.09. The van der Waals surface area contributed by atoms with E-state index >= 15 is 0 Å². The molecule has 0 amide bonds. The molecule has 4 heteroatoms. The van der Waals surface area contributed by atoms with Gasteiger partial charge < -0.3 is 5.32 Å². The van der Waals surface area contributed by atoms with Gasteiger partial charge >= 0.3 is 0 Å². The highest BCUT2D eigenvalue weighted by molar-refractivity contribution is 9.10. The van der Waals surface area contributed by atoms with Crippen molar-refractivity contribution in [3.05, 3.63) is 20.8 Å². The molecule has 1 aliphatic rings. The van der Waals surface area contributed by atoms with Crippen LogP contribution in [0.5, 0.6) is 0 Å². The van der Waals surface area contributed by atoms with Crippen LogP contribution in [0.2, 0.25) is 0 Å². The molecule has 1 atom stereocenters. The molecular weight excluding hydrogens is 272 g/mol. The van der Waals surface area contributed by atoms with Crippen LogP contribution in [0.1, 0.15) is 17.7 Å². The van der Waals surface area contributed by atoms with Crippen molar-refractivity contribution in [1.29, 1.82) is 0 Å². The predicted octanol–water partition coefficient (Wildman–Crippen LogP) is 2.69. The number of nitrogens with zero attached hydrogens (tertiary/aromatic N) is 1. The molecule has 2 heterocycles. The van der Waals surface area contributed by atoms with Gasteiger partial charge in [-0.1, -0.05) is 0 Å². The molecule has 0 spiro atoms. The standard InChI is InChI=1S/C11H17BrN2S/c1-13-10-3-2-4-14(6-10)7-11-5-9(12)8-15-11/h5,8,10,13H,2-4,6-7H2,1H3. The second kappa shape index (κ2) is 5.43. The molecule has 0 radical (unpaired) electrons. The SMILES string of the molecule is CNC1CCCN(Cc2cc(Br)cs2)C1. The van der Waals surface area contributed by atoms with Gasteiger partial charge in [-0.2, -0.15) is 0 Å². The molecule has 1 N–H and O–H groups in total. The van der Waals surface area contributed by atoms with Gasteiger partial charge in [-0.25, -0.2) is 0 Å². The predicted molar refractivity (Wildman–Crippen MR) is 69.4 cm³/mol. The Kier molecular flexibility index (Phi) is 4.20. The summed E-state index contributed by atoms with van der Waals surface area (Å²) in [6.07, 6.45) is 2.64. The zero-order chi connectivity index (χ0) is 10.7. The van der Waals surface area contributed by atoms with E-state index < -0.39 is 0 Å². The lowest BCUT2D eigenvalue weighted by Crippen LogP contribution is -2.43. The molecule has 2 rings (SSSR count). The summed E-state index contributed by atoms with van der Waals surface area (Å²) in [7, 11) is 2.07. The Morgan fingerprint density at radius 1 is 1.67 bits per heavy atom. The Balaban J connectivity index is 1.88. The highest BCUT2D eigenvalue weighted by Gasteiger charge is 2.18. The third-order valence-corrected chi connectivity index (χ3v) is 4.60. The summed E-state index contributed by atoms with van der Waals surface area (Å²) < 4.78 is 1.21. The maximum absolute atomic E-state index is 3.50. The Bertz CT molecular complexity index is 313. The normalized spacial score (nSPS) is 23.2. The number of rotatable bonds is 3. The maximum atomic E-state index is 3.50. The number of thiophene rings is 1. The second-order valence-corrected chi connectivity index (χ2v) is 6.01. The molecule has 0 aliphatic carbocycles. The van der Waals surface area contributed by atoms with Crippen LogP contribution in [0.3, 0.4) is 0 Å². The zero-order valence-corrected chi connectivity index (χ0v) is 11.4. The topological polar surface area (TPSA) is 15.3 Å². The van der Waals surface area contributed by atoms with E-state index in [-0.39, 0.29) is 0 Å². The molecule has 1 aliphatic heterocycles. The Morgan fingerprint density at radius 3 is 3.20 bits per heavy atom. The Labute approximate surface area is 104 Å². The number of hydrogen-bond donors (Lipinski definition) is 1. The van der Waals surface area contributed by atoms with E-state index in [0.29, 0.717) is 6.04 Å². The third-order valence-electron chi connectivity index (χ3n) is 2.91. The highest BCUT2D eigenvalue weighted by Crippen LogP contribution is 2.22. The van der Waals surface area contributed by atoms with Crippen LogP contribution < -0.4 is 5.32 Å². The molecule has 15 heavy (non-hydrogen) atoms. The van der Waals surface area contributed by atoms with Crippen molar-refractivity contribution in [2.45, 2.75) is 25.4 Å². The molecule has 1 unspecified atom stereocenters. The van der Waals surface area contributed by atoms with Crippen molar-refractivity contribution in [2.75, 3.05) is 20.1 Å². The minimum atomic E-state index is 0.683. The minimum absolute atomic E-state index is 0.683. The number of hydrogen-bond acceptors (Lipinski definition) is 3. The molecule has 84 valence electrons. The fraction of sp³-hybridized carbons (Fsp3) is 0.636. The molecule has 0 bridgehead atoms. The van der Waals surface area contributed by atoms with E-state index in [1.165, 1.54) is 35.3 Å². The van der Waals surface area contributed by atoms with Gasteiger partial charge in [-0.15, -0.1) is 11.3 Å². The molecular formula is C11H17BrN2S. The molecule has 2 nitrogen and oxygen atoms in total. The van der Waals surface area contributed by atoms with E-state index in [1.54, 1.807) is 0 Å². The zero-order valence-electron chi connectivity index (χ0n) is 9.00. The van der Waals surface area contributed by atoms with Crippen LogP contribution in [0.25, 0.3) is 0 Å². The van der Waals surface area contributed by atoms with Gasteiger partial charge in [-0.05, 0) is 48.4 Å². The lowest BCUT2D eigenvalue weighted by atomic mass is 10.1. The first-order valence-corrected chi connectivity index (χ1v) is 7.07. The summed E-state index contributed by atoms with van der Waals surface area (Å²) in [5.41, 5.74) is 0. The molecule has 0 aromatic carbocycles. The number of piperidine rings is 1. The fourth-order valence-electron chi connectivity index (χ4n) is 2.09. The monoisotopic (exact) mass is 288 g/mol. The van der Waals surface area contributed by atoms with Crippen LogP contribution in [0, 0.1) is 0 Å². The maximum Gasteiger partial charge on any atom is 0.0328 e. The van der Waals surface area contributed by atoms with Gasteiger partial charge in [0, 0.05) is 33.9 Å².